The van der Waals surface area contributed by atoms with Gasteiger partial charge in [-0.1, -0.05) is 30.3 Å². The van der Waals surface area contributed by atoms with Crippen molar-refractivity contribution >= 4 is 5.91 Å². The molecule has 6 heteroatoms. The van der Waals surface area contributed by atoms with Crippen molar-refractivity contribution in [2.75, 3.05) is 7.05 Å². The zero-order valence-electron chi connectivity index (χ0n) is 14.2. The second-order valence-electron chi connectivity index (χ2n) is 5.91. The van der Waals surface area contributed by atoms with Crippen molar-refractivity contribution in [3.8, 4) is 0 Å². The highest BCUT2D eigenvalue weighted by molar-refractivity contribution is 5.76. The van der Waals surface area contributed by atoms with E-state index < -0.39 is 0 Å². The summed E-state index contributed by atoms with van der Waals surface area (Å²) >= 11 is 0. The molecule has 128 valence electrons. The fraction of sp³-hybridized carbons (Fsp3) is 0.263. The van der Waals surface area contributed by atoms with E-state index in [-0.39, 0.29) is 5.91 Å². The van der Waals surface area contributed by atoms with Gasteiger partial charge < -0.3 is 9.47 Å². The van der Waals surface area contributed by atoms with Crippen molar-refractivity contribution in [1.29, 1.82) is 0 Å². The maximum Gasteiger partial charge on any atom is 0.223 e. The van der Waals surface area contributed by atoms with E-state index in [0.717, 1.165) is 18.1 Å². The number of nitrogens with zero attached hydrogens (tertiary/aromatic N) is 5. The molecule has 0 saturated carbocycles. The van der Waals surface area contributed by atoms with Gasteiger partial charge in [0.25, 0.3) is 0 Å². The Morgan fingerprint density at radius 1 is 1.12 bits per heavy atom. The van der Waals surface area contributed by atoms with Gasteiger partial charge in [-0.15, -0.1) is 0 Å². The lowest BCUT2D eigenvalue weighted by Crippen LogP contribution is -2.28. The second kappa shape index (κ2) is 8.19. The van der Waals surface area contributed by atoms with Crippen LogP contribution in [0.2, 0.25) is 0 Å². The number of hydrogen-bond acceptors (Lipinski definition) is 4. The zero-order chi connectivity index (χ0) is 17.5. The number of carbonyl (C=O) groups excluding carboxylic acids is 1. The van der Waals surface area contributed by atoms with Crippen molar-refractivity contribution in [2.45, 2.75) is 25.9 Å². The van der Waals surface area contributed by atoms with Crippen molar-refractivity contribution in [3.63, 3.8) is 0 Å². The topological polar surface area (TPSA) is 63.9 Å². The zero-order valence-corrected chi connectivity index (χ0v) is 14.2. The number of amides is 1. The Morgan fingerprint density at radius 3 is 2.72 bits per heavy atom. The van der Waals surface area contributed by atoms with Gasteiger partial charge in [-0.3, -0.25) is 4.79 Å². The predicted octanol–water partition coefficient (Wildman–Crippen LogP) is 2.31. The minimum absolute atomic E-state index is 0.0767. The van der Waals surface area contributed by atoms with Gasteiger partial charge in [-0.05, 0) is 18.1 Å². The third kappa shape index (κ3) is 4.73. The molecule has 0 spiro atoms. The molecule has 3 rings (SSSR count). The van der Waals surface area contributed by atoms with E-state index in [2.05, 4.69) is 31.7 Å². The highest BCUT2D eigenvalue weighted by atomic mass is 16.2. The molecule has 0 saturated heterocycles. The van der Waals surface area contributed by atoms with E-state index in [1.807, 2.05) is 37.5 Å². The molecule has 0 atom stereocenters. The van der Waals surface area contributed by atoms with Crippen LogP contribution in [0, 0.1) is 0 Å². The highest BCUT2D eigenvalue weighted by Crippen LogP contribution is 2.09. The lowest BCUT2D eigenvalue weighted by atomic mass is 10.2. The summed E-state index contributed by atoms with van der Waals surface area (Å²) in [5.41, 5.74) is 2.09. The largest absolute Gasteiger partial charge is 0.338 e. The van der Waals surface area contributed by atoms with Crippen LogP contribution in [0.3, 0.4) is 0 Å². The molecule has 2 heterocycles. The molecule has 0 aliphatic carbocycles. The van der Waals surface area contributed by atoms with E-state index in [9.17, 15) is 4.79 Å². The summed E-state index contributed by atoms with van der Waals surface area (Å²) in [6, 6.07) is 12.0. The van der Waals surface area contributed by atoms with Crippen LogP contribution in [0.5, 0.6) is 0 Å². The Bertz CT molecular complexity index is 801. The van der Waals surface area contributed by atoms with Crippen LogP contribution in [0.15, 0.2) is 61.3 Å². The van der Waals surface area contributed by atoms with Crippen LogP contribution in [-0.4, -0.2) is 37.4 Å². The fourth-order valence-electron chi connectivity index (χ4n) is 2.61. The van der Waals surface area contributed by atoms with Gasteiger partial charge in [0.15, 0.2) is 0 Å². The molecule has 0 bridgehead atoms. The Kier molecular flexibility index (Phi) is 5.51. The van der Waals surface area contributed by atoms with Crippen molar-refractivity contribution in [2.24, 2.45) is 0 Å². The molecular formula is C19H21N5O. The van der Waals surface area contributed by atoms with Crippen molar-refractivity contribution in [3.05, 3.63) is 78.4 Å². The molecule has 6 nitrogen and oxygen atoms in total. The Labute approximate surface area is 147 Å². The minimum atomic E-state index is 0.0767. The van der Waals surface area contributed by atoms with Crippen molar-refractivity contribution in [1.82, 2.24) is 24.4 Å². The number of aromatic nitrogens is 4. The molecule has 0 aliphatic rings. The van der Waals surface area contributed by atoms with Gasteiger partial charge in [-0.25, -0.2) is 15.0 Å². The number of rotatable bonds is 7. The van der Waals surface area contributed by atoms with Crippen LogP contribution >= 0.6 is 0 Å². The first-order chi connectivity index (χ1) is 12.2. The van der Waals surface area contributed by atoms with Crippen LogP contribution in [-0.2, 0) is 24.3 Å². The highest BCUT2D eigenvalue weighted by Gasteiger charge is 2.13. The summed E-state index contributed by atoms with van der Waals surface area (Å²) in [5.74, 6) is 0.953. The van der Waals surface area contributed by atoms with E-state index in [4.69, 9.17) is 0 Å². The number of benzene rings is 1. The van der Waals surface area contributed by atoms with E-state index in [0.29, 0.717) is 19.4 Å². The second-order valence-corrected chi connectivity index (χ2v) is 5.91. The number of imidazole rings is 1. The first-order valence-electron chi connectivity index (χ1n) is 8.25. The Hall–Kier alpha value is -3.02. The van der Waals surface area contributed by atoms with E-state index >= 15 is 0 Å². The van der Waals surface area contributed by atoms with Gasteiger partial charge in [0, 0.05) is 44.3 Å². The Morgan fingerprint density at radius 2 is 1.96 bits per heavy atom. The lowest BCUT2D eigenvalue weighted by Gasteiger charge is -2.18. The van der Waals surface area contributed by atoms with E-state index in [1.165, 1.54) is 11.9 Å². The molecule has 0 radical (unpaired) electrons. The first-order valence-corrected chi connectivity index (χ1v) is 8.25. The maximum atomic E-state index is 12.4. The molecule has 1 aromatic carbocycles. The summed E-state index contributed by atoms with van der Waals surface area (Å²) in [5, 5.41) is 0. The third-order valence-electron chi connectivity index (χ3n) is 4.04. The standard InChI is InChI=1S/C19H21N5O/c1-23(19(25)8-7-17-9-10-20-15-22-17)14-18-21-11-12-24(18)13-16-5-3-2-4-6-16/h2-6,9-12,15H,7-8,13-14H2,1H3. The summed E-state index contributed by atoms with van der Waals surface area (Å²) in [4.78, 5) is 26.5. The van der Waals surface area contributed by atoms with Gasteiger partial charge >= 0.3 is 0 Å². The normalized spacial score (nSPS) is 10.6. The van der Waals surface area contributed by atoms with Gasteiger partial charge in [0.1, 0.15) is 12.2 Å². The average Bonchev–Trinajstić information content (AvgIpc) is 3.08. The molecule has 1 amide bonds. The molecule has 25 heavy (non-hydrogen) atoms. The summed E-state index contributed by atoms with van der Waals surface area (Å²) in [6.07, 6.45) is 7.96. The number of carbonyl (C=O) groups is 1. The van der Waals surface area contributed by atoms with Crippen molar-refractivity contribution < 1.29 is 4.79 Å². The third-order valence-corrected chi connectivity index (χ3v) is 4.04. The molecule has 0 unspecified atom stereocenters. The number of aryl methyl sites for hydroxylation is 1. The summed E-state index contributed by atoms with van der Waals surface area (Å²) < 4.78 is 2.07. The average molecular weight is 335 g/mol. The molecular weight excluding hydrogens is 314 g/mol. The molecule has 2 aromatic heterocycles. The smallest absolute Gasteiger partial charge is 0.223 e. The molecule has 0 aliphatic heterocycles. The maximum absolute atomic E-state index is 12.4. The van der Waals surface area contributed by atoms with Crippen LogP contribution in [0.25, 0.3) is 0 Å². The van der Waals surface area contributed by atoms with Crippen LogP contribution in [0.4, 0.5) is 0 Å². The number of hydrogen-bond donors (Lipinski definition) is 0. The Balaban J connectivity index is 1.57. The molecule has 0 fully saturated rings. The van der Waals surface area contributed by atoms with Gasteiger partial charge in [0.2, 0.25) is 5.91 Å². The monoisotopic (exact) mass is 335 g/mol. The molecule has 3 aromatic rings. The van der Waals surface area contributed by atoms with Crippen LogP contribution < -0.4 is 0 Å². The summed E-state index contributed by atoms with van der Waals surface area (Å²) in [7, 11) is 1.81. The van der Waals surface area contributed by atoms with Gasteiger partial charge in [-0.2, -0.15) is 0 Å². The summed E-state index contributed by atoms with van der Waals surface area (Å²) in [6.45, 7) is 1.24. The quantitative estimate of drug-likeness (QED) is 0.665. The van der Waals surface area contributed by atoms with Gasteiger partial charge in [0.05, 0.1) is 6.54 Å². The van der Waals surface area contributed by atoms with E-state index in [1.54, 1.807) is 17.3 Å². The first kappa shape index (κ1) is 16.8. The predicted molar refractivity (Wildman–Crippen MR) is 94.6 cm³/mol. The lowest BCUT2D eigenvalue weighted by molar-refractivity contribution is -0.130. The fourth-order valence-corrected chi connectivity index (χ4v) is 2.61. The van der Waals surface area contributed by atoms with Crippen LogP contribution in [0.1, 0.15) is 23.5 Å². The molecule has 0 N–H and O–H groups in total. The minimum Gasteiger partial charge on any atom is -0.338 e. The SMILES string of the molecule is CN(Cc1nccn1Cc1ccccc1)C(=O)CCc1ccncn1.